The van der Waals surface area contributed by atoms with Crippen molar-refractivity contribution in [2.24, 2.45) is 0 Å². The molecule has 0 aliphatic heterocycles. The van der Waals surface area contributed by atoms with Crippen LogP contribution in [0.2, 0.25) is 0 Å². The molecule has 0 radical (unpaired) electrons. The summed E-state index contributed by atoms with van der Waals surface area (Å²) in [5.41, 5.74) is 2.24. The van der Waals surface area contributed by atoms with Crippen LogP contribution in [0.1, 0.15) is 37.6 Å². The van der Waals surface area contributed by atoms with Gasteiger partial charge in [0, 0.05) is 33.4 Å². The van der Waals surface area contributed by atoms with Gasteiger partial charge in [0.05, 0.1) is 5.25 Å². The van der Waals surface area contributed by atoms with E-state index in [9.17, 15) is 9.59 Å². The summed E-state index contributed by atoms with van der Waals surface area (Å²) in [6, 6.07) is 14.9. The van der Waals surface area contributed by atoms with Gasteiger partial charge >= 0.3 is 0 Å². The van der Waals surface area contributed by atoms with Gasteiger partial charge in [-0.25, -0.2) is 0 Å². The number of nitrogens with one attached hydrogen (secondary N) is 3. The van der Waals surface area contributed by atoms with Crippen molar-refractivity contribution in [3.63, 3.8) is 0 Å². The molecule has 1 heterocycles. The topological polar surface area (TPSA) is 96.0 Å². The molecule has 1 unspecified atom stereocenters. The van der Waals surface area contributed by atoms with E-state index in [2.05, 4.69) is 25.3 Å². The highest BCUT2D eigenvalue weighted by molar-refractivity contribution is 8.00. The minimum absolute atomic E-state index is 0.0178. The van der Waals surface area contributed by atoms with Crippen LogP contribution in [0.25, 0.3) is 0 Å². The van der Waals surface area contributed by atoms with Crippen LogP contribution in [0, 0.1) is 0 Å². The molecule has 7 nitrogen and oxygen atoms in total. The van der Waals surface area contributed by atoms with Gasteiger partial charge in [-0.2, -0.15) is 9.36 Å². The third-order valence-corrected chi connectivity index (χ3v) is 7.53. The number of anilines is 3. The Kier molecular flexibility index (Phi) is 9.87. The number of amides is 1. The van der Waals surface area contributed by atoms with Gasteiger partial charge in [0.1, 0.15) is 0 Å². The normalized spacial score (nSPS) is 11.5. The fraction of sp³-hybridized carbons (Fsp3) is 0.261. The van der Waals surface area contributed by atoms with Crippen molar-refractivity contribution in [1.82, 2.24) is 9.36 Å². The Hall–Kier alpha value is -2.47. The zero-order chi connectivity index (χ0) is 24.5. The van der Waals surface area contributed by atoms with E-state index in [1.54, 1.807) is 23.9 Å². The molecule has 1 aromatic heterocycles. The second kappa shape index (κ2) is 12.8. The lowest BCUT2D eigenvalue weighted by Gasteiger charge is -2.15. The quantitative estimate of drug-likeness (QED) is 0.161. The number of thioether (sulfide) groups is 2. The SMILES string of the molecule is CCSc1nsc(NC(=O)C(CC)Sc2cccc(NC(=S)Nc3ccc(C(C)=O)cc3)c2)n1. The van der Waals surface area contributed by atoms with Gasteiger partial charge in [0.2, 0.25) is 16.2 Å². The molecule has 0 bridgehead atoms. The zero-order valence-electron chi connectivity index (χ0n) is 19.0. The Morgan fingerprint density at radius 1 is 1.06 bits per heavy atom. The third-order valence-electron chi connectivity index (χ3n) is 4.49. The standard InChI is InChI=1S/C23H25N5O2S4/c1-4-19(20(30)26-22-27-23(28-34-22)32-5-2)33-18-8-6-7-17(13-18)25-21(31)24-16-11-9-15(10-12-16)14(3)29/h6-13,19H,4-5H2,1-3H3,(H2,24,25,31)(H,26,27,28,30). The average Bonchev–Trinajstić information content (AvgIpc) is 3.25. The number of Topliss-reactive ketones (excluding diaryl/α,β-unsaturated/α-hetero) is 1. The minimum Gasteiger partial charge on any atom is -0.332 e. The molecule has 0 fully saturated rings. The molecule has 11 heteroatoms. The first-order valence-electron chi connectivity index (χ1n) is 10.6. The van der Waals surface area contributed by atoms with Gasteiger partial charge in [-0.3, -0.25) is 14.9 Å². The van der Waals surface area contributed by atoms with Crippen LogP contribution in [-0.2, 0) is 4.79 Å². The smallest absolute Gasteiger partial charge is 0.239 e. The molecule has 1 atom stereocenters. The molecule has 0 aliphatic carbocycles. The van der Waals surface area contributed by atoms with Crippen molar-refractivity contribution in [3.8, 4) is 0 Å². The predicted molar refractivity (Wildman–Crippen MR) is 148 cm³/mol. The van der Waals surface area contributed by atoms with Gasteiger partial charge < -0.3 is 10.6 Å². The van der Waals surface area contributed by atoms with Crippen molar-refractivity contribution < 1.29 is 9.59 Å². The first-order valence-corrected chi connectivity index (χ1v) is 13.7. The lowest BCUT2D eigenvalue weighted by Crippen LogP contribution is -2.24. The molecule has 0 saturated carbocycles. The van der Waals surface area contributed by atoms with Gasteiger partial charge in [0.15, 0.2) is 10.9 Å². The highest BCUT2D eigenvalue weighted by atomic mass is 32.2. The Morgan fingerprint density at radius 3 is 2.47 bits per heavy atom. The second-order valence-electron chi connectivity index (χ2n) is 7.06. The number of carbonyl (C=O) groups is 2. The molecule has 2 aromatic carbocycles. The first-order chi connectivity index (χ1) is 16.4. The van der Waals surface area contributed by atoms with Crippen LogP contribution in [0.5, 0.6) is 0 Å². The highest BCUT2D eigenvalue weighted by Crippen LogP contribution is 2.29. The summed E-state index contributed by atoms with van der Waals surface area (Å²) in [6.45, 7) is 5.55. The zero-order valence-corrected chi connectivity index (χ0v) is 22.2. The number of aromatic nitrogens is 2. The van der Waals surface area contributed by atoms with E-state index < -0.39 is 0 Å². The summed E-state index contributed by atoms with van der Waals surface area (Å²) in [5, 5.41) is 10.5. The largest absolute Gasteiger partial charge is 0.332 e. The predicted octanol–water partition coefficient (Wildman–Crippen LogP) is 6.17. The number of rotatable bonds is 10. The van der Waals surface area contributed by atoms with Crippen LogP contribution < -0.4 is 16.0 Å². The van der Waals surface area contributed by atoms with E-state index in [0.717, 1.165) is 22.0 Å². The number of hydrogen-bond donors (Lipinski definition) is 3. The van der Waals surface area contributed by atoms with Crippen LogP contribution in [0.15, 0.2) is 58.6 Å². The molecule has 0 aliphatic rings. The molecular formula is C23H25N5O2S4. The molecule has 3 N–H and O–H groups in total. The molecule has 1 amide bonds. The number of benzene rings is 2. The summed E-state index contributed by atoms with van der Waals surface area (Å²) in [7, 11) is 0. The van der Waals surface area contributed by atoms with Crippen molar-refractivity contribution in [3.05, 3.63) is 54.1 Å². The maximum absolute atomic E-state index is 12.8. The fourth-order valence-electron chi connectivity index (χ4n) is 2.85. The van der Waals surface area contributed by atoms with E-state index in [1.165, 1.54) is 30.2 Å². The Bertz CT molecular complexity index is 1150. The molecule has 0 saturated heterocycles. The second-order valence-corrected chi connectivity index (χ2v) is 10.7. The van der Waals surface area contributed by atoms with E-state index in [1.807, 2.05) is 50.2 Å². The van der Waals surface area contributed by atoms with Crippen molar-refractivity contribution in [2.45, 2.75) is 42.5 Å². The monoisotopic (exact) mass is 531 g/mol. The van der Waals surface area contributed by atoms with Crippen LogP contribution >= 0.6 is 47.3 Å². The van der Waals surface area contributed by atoms with Crippen molar-refractivity contribution in [2.75, 3.05) is 21.7 Å². The van der Waals surface area contributed by atoms with E-state index >= 15 is 0 Å². The van der Waals surface area contributed by atoms with Gasteiger partial charge in [0.25, 0.3) is 0 Å². The van der Waals surface area contributed by atoms with Crippen molar-refractivity contribution >= 4 is 80.6 Å². The van der Waals surface area contributed by atoms with Crippen LogP contribution in [0.4, 0.5) is 16.5 Å². The Morgan fingerprint density at radius 2 is 1.79 bits per heavy atom. The first kappa shape index (κ1) is 26.1. The Labute approximate surface area is 217 Å². The maximum atomic E-state index is 12.8. The molecular weight excluding hydrogens is 507 g/mol. The lowest BCUT2D eigenvalue weighted by atomic mass is 10.1. The molecule has 0 spiro atoms. The summed E-state index contributed by atoms with van der Waals surface area (Å²) in [4.78, 5) is 29.5. The van der Waals surface area contributed by atoms with Gasteiger partial charge in [-0.15, -0.1) is 11.8 Å². The van der Waals surface area contributed by atoms with Crippen LogP contribution in [0.3, 0.4) is 0 Å². The number of ketones is 1. The number of thiocarbonyl (C=S) groups is 1. The van der Waals surface area contributed by atoms with Gasteiger partial charge in [-0.05, 0) is 73.8 Å². The van der Waals surface area contributed by atoms with E-state index in [-0.39, 0.29) is 16.9 Å². The highest BCUT2D eigenvalue weighted by Gasteiger charge is 2.20. The average molecular weight is 532 g/mol. The molecule has 3 rings (SSSR count). The lowest BCUT2D eigenvalue weighted by molar-refractivity contribution is -0.115. The summed E-state index contributed by atoms with van der Waals surface area (Å²) < 4.78 is 4.24. The van der Waals surface area contributed by atoms with Gasteiger partial charge in [-0.1, -0.05) is 31.7 Å². The summed E-state index contributed by atoms with van der Waals surface area (Å²) in [6.07, 6.45) is 0.666. The minimum atomic E-state index is -0.272. The van der Waals surface area contributed by atoms with E-state index in [4.69, 9.17) is 12.2 Å². The summed E-state index contributed by atoms with van der Waals surface area (Å²) >= 11 is 9.64. The number of nitrogens with zero attached hydrogens (tertiary/aromatic N) is 2. The molecule has 3 aromatic rings. The Balaban J connectivity index is 1.57. The van der Waals surface area contributed by atoms with Crippen molar-refractivity contribution in [1.29, 1.82) is 0 Å². The molecule has 34 heavy (non-hydrogen) atoms. The third kappa shape index (κ3) is 7.79. The fourth-order valence-corrected chi connectivity index (χ4v) is 5.37. The van der Waals surface area contributed by atoms with E-state index in [0.29, 0.717) is 27.4 Å². The number of carbonyl (C=O) groups excluding carboxylic acids is 2. The molecule has 178 valence electrons. The van der Waals surface area contributed by atoms with Crippen LogP contribution in [-0.4, -0.2) is 37.2 Å². The maximum Gasteiger partial charge on any atom is 0.239 e. The number of hydrogen-bond acceptors (Lipinski definition) is 8. The summed E-state index contributed by atoms with van der Waals surface area (Å²) in [5.74, 6) is 0.804.